The smallest absolute Gasteiger partial charge is 0.314 e. The Labute approximate surface area is 176 Å². The van der Waals surface area contributed by atoms with Gasteiger partial charge in [0.25, 0.3) is 0 Å². The van der Waals surface area contributed by atoms with Crippen molar-refractivity contribution in [2.75, 3.05) is 0 Å². The molecule has 158 valence electrons. The molecule has 3 rings (SSSR count). The van der Waals surface area contributed by atoms with Gasteiger partial charge in [0.15, 0.2) is 0 Å². The molecule has 0 fully saturated rings. The monoisotopic (exact) mass is 408 g/mol. The first-order chi connectivity index (χ1) is 14.2. The third-order valence-electron chi connectivity index (χ3n) is 5.20. The molecular formula is C25H28O5. The molecule has 0 aliphatic carbocycles. The molecule has 5 nitrogen and oxygen atoms in total. The first kappa shape index (κ1) is 21.6. The van der Waals surface area contributed by atoms with E-state index in [1.54, 1.807) is 18.2 Å². The molecule has 0 N–H and O–H groups in total. The summed E-state index contributed by atoms with van der Waals surface area (Å²) in [7, 11) is 0. The number of fused-ring (bicyclic) bond motifs is 1. The average Bonchev–Trinajstić information content (AvgIpc) is 2.71. The fourth-order valence-electron chi connectivity index (χ4n) is 3.20. The molecule has 1 heterocycles. The number of carbonyl (C=O) groups is 1. The van der Waals surface area contributed by atoms with Crippen molar-refractivity contribution >= 4 is 16.9 Å². The van der Waals surface area contributed by atoms with Crippen LogP contribution < -0.4 is 14.9 Å². The molecule has 5 heteroatoms. The van der Waals surface area contributed by atoms with E-state index >= 15 is 0 Å². The van der Waals surface area contributed by atoms with Gasteiger partial charge in [0, 0.05) is 6.07 Å². The van der Waals surface area contributed by atoms with Gasteiger partial charge in [0.05, 0.1) is 11.3 Å². The summed E-state index contributed by atoms with van der Waals surface area (Å²) in [6.45, 7) is 10.3. The molecule has 0 aliphatic rings. The average molecular weight is 408 g/mol. The summed E-state index contributed by atoms with van der Waals surface area (Å²) in [6.07, 6.45) is 2.72. The minimum absolute atomic E-state index is 0.0376. The van der Waals surface area contributed by atoms with Gasteiger partial charge in [0.2, 0.25) is 11.2 Å². The number of esters is 1. The minimum atomic E-state index is -0.283. The van der Waals surface area contributed by atoms with E-state index in [1.807, 2.05) is 38.1 Å². The Morgan fingerprint density at radius 1 is 1.00 bits per heavy atom. The number of rotatable bonds is 6. The maximum Gasteiger partial charge on any atom is 0.314 e. The molecule has 0 saturated carbocycles. The number of hydrogen-bond acceptors (Lipinski definition) is 5. The van der Waals surface area contributed by atoms with Crippen LogP contribution in [-0.2, 0) is 10.2 Å². The Hall–Kier alpha value is -3.08. The molecule has 0 atom stereocenters. The van der Waals surface area contributed by atoms with Gasteiger partial charge in [-0.3, -0.25) is 9.59 Å². The van der Waals surface area contributed by atoms with E-state index < -0.39 is 0 Å². The van der Waals surface area contributed by atoms with Crippen LogP contribution in [0.4, 0.5) is 0 Å². The summed E-state index contributed by atoms with van der Waals surface area (Å²) in [5, 5.41) is 0.362. The molecule has 2 aromatic carbocycles. The first-order valence-corrected chi connectivity index (χ1v) is 10.3. The second-order valence-electron chi connectivity index (χ2n) is 8.40. The maximum atomic E-state index is 12.8. The van der Waals surface area contributed by atoms with E-state index in [-0.39, 0.29) is 28.5 Å². The predicted molar refractivity (Wildman–Crippen MR) is 117 cm³/mol. The van der Waals surface area contributed by atoms with Crippen molar-refractivity contribution in [3.05, 3.63) is 64.5 Å². The standard InChI is InChI=1S/C25H28O5/c1-6-16(7-2)24(27)30-19-12-13-20-21(14-19)28-15-22(23(20)26)29-18-10-8-17(9-11-18)25(3,4)5/h8-16H,6-7H2,1-5H3. The van der Waals surface area contributed by atoms with Crippen LogP contribution in [0.3, 0.4) is 0 Å². The van der Waals surface area contributed by atoms with Crippen LogP contribution in [0.15, 0.2) is 57.9 Å². The van der Waals surface area contributed by atoms with Gasteiger partial charge < -0.3 is 13.9 Å². The molecule has 30 heavy (non-hydrogen) atoms. The van der Waals surface area contributed by atoms with Crippen LogP contribution in [0.25, 0.3) is 11.0 Å². The van der Waals surface area contributed by atoms with E-state index in [0.29, 0.717) is 22.5 Å². The highest BCUT2D eigenvalue weighted by molar-refractivity contribution is 5.81. The summed E-state index contributed by atoms with van der Waals surface area (Å²) in [6, 6.07) is 12.4. The Balaban J connectivity index is 1.83. The van der Waals surface area contributed by atoms with Crippen LogP contribution in [0, 0.1) is 5.92 Å². The number of benzene rings is 2. The van der Waals surface area contributed by atoms with Crippen molar-refractivity contribution in [2.24, 2.45) is 5.92 Å². The molecule has 0 amide bonds. The lowest BCUT2D eigenvalue weighted by molar-refractivity contribution is -0.139. The Morgan fingerprint density at radius 3 is 2.23 bits per heavy atom. The molecule has 0 aliphatic heterocycles. The van der Waals surface area contributed by atoms with Crippen LogP contribution in [0.2, 0.25) is 0 Å². The van der Waals surface area contributed by atoms with Gasteiger partial charge >= 0.3 is 5.97 Å². The lowest BCUT2D eigenvalue weighted by Gasteiger charge is -2.19. The molecule has 3 aromatic rings. The summed E-state index contributed by atoms with van der Waals surface area (Å²) in [4.78, 5) is 25.0. The zero-order valence-corrected chi connectivity index (χ0v) is 18.2. The SMILES string of the molecule is CCC(CC)C(=O)Oc1ccc2c(=O)c(Oc3ccc(C(C)(C)C)cc3)coc2c1. The van der Waals surface area contributed by atoms with Crippen molar-refractivity contribution in [3.63, 3.8) is 0 Å². The topological polar surface area (TPSA) is 65.7 Å². The third-order valence-corrected chi connectivity index (χ3v) is 5.20. The van der Waals surface area contributed by atoms with E-state index in [0.717, 1.165) is 12.8 Å². The van der Waals surface area contributed by atoms with E-state index in [2.05, 4.69) is 20.8 Å². The Kier molecular flexibility index (Phi) is 6.30. The van der Waals surface area contributed by atoms with E-state index in [4.69, 9.17) is 13.9 Å². The molecule has 0 saturated heterocycles. The van der Waals surface area contributed by atoms with Crippen molar-refractivity contribution in [2.45, 2.75) is 52.9 Å². The van der Waals surface area contributed by atoms with Gasteiger partial charge in [-0.25, -0.2) is 0 Å². The van der Waals surface area contributed by atoms with Crippen LogP contribution in [-0.4, -0.2) is 5.97 Å². The van der Waals surface area contributed by atoms with Crippen molar-refractivity contribution < 1.29 is 18.7 Å². The summed E-state index contributed by atoms with van der Waals surface area (Å²) < 4.78 is 16.8. The Bertz CT molecular complexity index is 1080. The highest BCUT2D eigenvalue weighted by atomic mass is 16.5. The highest BCUT2D eigenvalue weighted by Crippen LogP contribution is 2.27. The lowest BCUT2D eigenvalue weighted by atomic mass is 9.87. The van der Waals surface area contributed by atoms with Crippen molar-refractivity contribution in [1.82, 2.24) is 0 Å². The second-order valence-corrected chi connectivity index (χ2v) is 8.40. The first-order valence-electron chi connectivity index (χ1n) is 10.3. The quantitative estimate of drug-likeness (QED) is 0.358. The molecule has 0 radical (unpaired) electrons. The zero-order valence-electron chi connectivity index (χ0n) is 18.2. The fraction of sp³-hybridized carbons (Fsp3) is 0.360. The van der Waals surface area contributed by atoms with Gasteiger partial charge in [-0.2, -0.15) is 0 Å². The summed E-state index contributed by atoms with van der Waals surface area (Å²) in [5.41, 5.74) is 1.27. The van der Waals surface area contributed by atoms with E-state index in [9.17, 15) is 9.59 Å². The number of carbonyl (C=O) groups excluding carboxylic acids is 1. The van der Waals surface area contributed by atoms with Gasteiger partial charge in [-0.1, -0.05) is 46.8 Å². The molecule has 0 bridgehead atoms. The molecular weight excluding hydrogens is 380 g/mol. The van der Waals surface area contributed by atoms with Crippen molar-refractivity contribution in [3.8, 4) is 17.2 Å². The maximum absolute atomic E-state index is 12.8. The number of ether oxygens (including phenoxy) is 2. The number of hydrogen-bond donors (Lipinski definition) is 0. The lowest BCUT2D eigenvalue weighted by Crippen LogP contribution is -2.19. The molecule has 0 spiro atoms. The third kappa shape index (κ3) is 4.73. The minimum Gasteiger partial charge on any atom is -0.460 e. The predicted octanol–water partition coefficient (Wildman–Crippen LogP) is 6.22. The second kappa shape index (κ2) is 8.74. The Morgan fingerprint density at radius 2 is 1.63 bits per heavy atom. The summed E-state index contributed by atoms with van der Waals surface area (Å²) >= 11 is 0. The van der Waals surface area contributed by atoms with Crippen molar-refractivity contribution in [1.29, 1.82) is 0 Å². The molecule has 1 aromatic heterocycles. The summed E-state index contributed by atoms with van der Waals surface area (Å²) in [5.74, 6) is 0.598. The van der Waals surface area contributed by atoms with E-state index in [1.165, 1.54) is 11.8 Å². The van der Waals surface area contributed by atoms with Gasteiger partial charge in [-0.05, 0) is 48.1 Å². The highest BCUT2D eigenvalue weighted by Gasteiger charge is 2.18. The fourth-order valence-corrected chi connectivity index (χ4v) is 3.20. The van der Waals surface area contributed by atoms with Crippen LogP contribution >= 0.6 is 0 Å². The molecule has 0 unspecified atom stereocenters. The van der Waals surface area contributed by atoms with Gasteiger partial charge in [0.1, 0.15) is 23.3 Å². The largest absolute Gasteiger partial charge is 0.460 e. The normalized spacial score (nSPS) is 11.7. The van der Waals surface area contributed by atoms with Crippen LogP contribution in [0.5, 0.6) is 17.2 Å². The zero-order chi connectivity index (χ0) is 21.9. The van der Waals surface area contributed by atoms with Crippen LogP contribution in [0.1, 0.15) is 53.0 Å². The van der Waals surface area contributed by atoms with Gasteiger partial charge in [-0.15, -0.1) is 0 Å².